The van der Waals surface area contributed by atoms with Gasteiger partial charge in [0.2, 0.25) is 0 Å². The number of anilines is 3. The summed E-state index contributed by atoms with van der Waals surface area (Å²) in [4.78, 5) is 2.46. The molecule has 2 nitrogen and oxygen atoms in total. The zero-order chi connectivity index (χ0) is 34.1. The maximum atomic E-state index is 6.23. The Kier molecular flexibility index (Phi) is 6.56. The lowest BCUT2D eigenvalue weighted by Crippen LogP contribution is -2.15. The summed E-state index contributed by atoms with van der Waals surface area (Å²) in [6.07, 6.45) is 0. The Labute approximate surface area is 297 Å². The molecule has 0 fully saturated rings. The average Bonchev–Trinajstić information content (AvgIpc) is 3.67. The van der Waals surface area contributed by atoms with E-state index >= 15 is 0 Å². The largest absolute Gasteiger partial charge is 0.456 e. The summed E-state index contributed by atoms with van der Waals surface area (Å²) in [5, 5.41) is 4.68. The topological polar surface area (TPSA) is 16.4 Å². The third-order valence-corrected chi connectivity index (χ3v) is 10.9. The molecule has 0 aliphatic heterocycles. The molecule has 0 spiro atoms. The number of rotatable bonds is 5. The van der Waals surface area contributed by atoms with Crippen molar-refractivity contribution in [2.75, 3.05) is 4.90 Å². The van der Waals surface area contributed by atoms with Gasteiger partial charge in [0.1, 0.15) is 11.2 Å². The van der Waals surface area contributed by atoms with Gasteiger partial charge in [0, 0.05) is 33.0 Å². The number of nitrogens with zero attached hydrogens (tertiary/aromatic N) is 1. The van der Waals surface area contributed by atoms with Gasteiger partial charge in [0.05, 0.1) is 11.4 Å². The van der Waals surface area contributed by atoms with Crippen LogP contribution in [0.2, 0.25) is 0 Å². The van der Waals surface area contributed by atoms with Crippen molar-refractivity contribution >= 4 is 49.8 Å². The first-order valence-electron chi connectivity index (χ1n) is 17.7. The van der Waals surface area contributed by atoms with Crippen LogP contribution < -0.4 is 4.90 Å². The van der Waals surface area contributed by atoms with Crippen LogP contribution >= 0.6 is 0 Å². The highest BCUT2D eigenvalue weighted by Gasteiger charge is 2.37. The van der Waals surface area contributed by atoms with Gasteiger partial charge in [-0.15, -0.1) is 0 Å². The summed E-state index contributed by atoms with van der Waals surface area (Å²) in [6.45, 7) is 4.70. The van der Waals surface area contributed by atoms with Gasteiger partial charge in [-0.25, -0.2) is 0 Å². The fourth-order valence-corrected chi connectivity index (χ4v) is 8.41. The van der Waals surface area contributed by atoms with Crippen molar-refractivity contribution < 1.29 is 4.42 Å². The molecule has 0 saturated heterocycles. The third-order valence-electron chi connectivity index (χ3n) is 10.9. The molecule has 1 aliphatic carbocycles. The molecule has 1 aliphatic rings. The standard InChI is InChI=1S/C49H35NO/c1-49(2)42-21-9-5-19-40(42)48-39(20-13-22-43(48)49)37-17-7-11-24-45(37)50(35-28-26-32-14-3-4-15-33(32)30-35)44-23-10-6-16-36(44)34-27-29-47-41(31-34)38-18-8-12-25-46(38)51-47/h3-31H,1-2H3. The third kappa shape index (κ3) is 4.57. The lowest BCUT2D eigenvalue weighted by atomic mass is 9.82. The minimum atomic E-state index is -0.0859. The molecule has 0 N–H and O–H groups in total. The van der Waals surface area contributed by atoms with Gasteiger partial charge in [-0.05, 0) is 86.6 Å². The molecule has 1 aromatic heterocycles. The first kappa shape index (κ1) is 29.5. The van der Waals surface area contributed by atoms with E-state index in [2.05, 4.69) is 183 Å². The van der Waals surface area contributed by atoms with E-state index < -0.39 is 0 Å². The SMILES string of the molecule is CC1(C)c2ccccc2-c2c(-c3ccccc3N(c3ccc4ccccc4c3)c3ccccc3-c3ccc4oc5ccccc5c4c3)cccc21. The summed E-state index contributed by atoms with van der Waals surface area (Å²) in [5.74, 6) is 0. The Morgan fingerprint density at radius 3 is 1.92 bits per heavy atom. The molecule has 0 atom stereocenters. The van der Waals surface area contributed by atoms with Crippen molar-refractivity contribution in [2.45, 2.75) is 19.3 Å². The van der Waals surface area contributed by atoms with Crippen molar-refractivity contribution in [1.29, 1.82) is 0 Å². The summed E-state index contributed by atoms with van der Waals surface area (Å²) in [6, 6.07) is 63.8. The molecule has 8 aromatic carbocycles. The molecule has 0 amide bonds. The molecule has 9 aromatic rings. The molecular formula is C49H35NO. The Hall–Kier alpha value is -6.38. The van der Waals surface area contributed by atoms with E-state index in [1.54, 1.807) is 0 Å². The van der Waals surface area contributed by atoms with Gasteiger partial charge >= 0.3 is 0 Å². The normalized spacial score (nSPS) is 13.1. The molecule has 0 unspecified atom stereocenters. The first-order valence-corrected chi connectivity index (χ1v) is 17.7. The quantitative estimate of drug-likeness (QED) is 0.184. The van der Waals surface area contributed by atoms with Gasteiger partial charge in [-0.3, -0.25) is 0 Å². The van der Waals surface area contributed by atoms with Crippen LogP contribution in [0, 0.1) is 0 Å². The summed E-state index contributed by atoms with van der Waals surface area (Å²) < 4.78 is 6.23. The van der Waals surface area contributed by atoms with Crippen molar-refractivity contribution in [3.8, 4) is 33.4 Å². The van der Waals surface area contributed by atoms with Gasteiger partial charge < -0.3 is 9.32 Å². The van der Waals surface area contributed by atoms with Crippen LogP contribution in [0.3, 0.4) is 0 Å². The molecule has 0 radical (unpaired) electrons. The number of fused-ring (bicyclic) bond motifs is 7. The fraction of sp³-hybridized carbons (Fsp3) is 0.0612. The van der Waals surface area contributed by atoms with Crippen LogP contribution in [-0.4, -0.2) is 0 Å². The Bertz CT molecular complexity index is 2800. The monoisotopic (exact) mass is 653 g/mol. The van der Waals surface area contributed by atoms with E-state index in [9.17, 15) is 0 Å². The minimum absolute atomic E-state index is 0.0859. The van der Waals surface area contributed by atoms with Crippen LogP contribution in [0.5, 0.6) is 0 Å². The second kappa shape index (κ2) is 11.3. The molecular weight excluding hydrogens is 619 g/mol. The highest BCUT2D eigenvalue weighted by atomic mass is 16.3. The maximum Gasteiger partial charge on any atom is 0.135 e. The van der Waals surface area contributed by atoms with E-state index in [-0.39, 0.29) is 5.41 Å². The molecule has 0 bridgehead atoms. The molecule has 10 rings (SSSR count). The molecule has 2 heteroatoms. The highest BCUT2D eigenvalue weighted by molar-refractivity contribution is 6.07. The van der Waals surface area contributed by atoms with Crippen molar-refractivity contribution in [1.82, 2.24) is 0 Å². The lowest BCUT2D eigenvalue weighted by Gasteiger charge is -2.30. The summed E-state index contributed by atoms with van der Waals surface area (Å²) >= 11 is 0. The fourth-order valence-electron chi connectivity index (χ4n) is 8.41. The smallest absolute Gasteiger partial charge is 0.135 e. The summed E-state index contributed by atoms with van der Waals surface area (Å²) in [5.41, 5.74) is 15.2. The highest BCUT2D eigenvalue weighted by Crippen LogP contribution is 2.54. The van der Waals surface area contributed by atoms with Gasteiger partial charge in [-0.2, -0.15) is 0 Å². The van der Waals surface area contributed by atoms with Crippen LogP contribution in [0.25, 0.3) is 66.1 Å². The lowest BCUT2D eigenvalue weighted by molar-refractivity contribution is 0.660. The second-order valence-electron chi connectivity index (χ2n) is 14.1. The first-order chi connectivity index (χ1) is 25.1. The zero-order valence-electron chi connectivity index (χ0n) is 28.6. The second-order valence-corrected chi connectivity index (χ2v) is 14.1. The molecule has 0 saturated carbocycles. The van der Waals surface area contributed by atoms with Crippen LogP contribution in [0.15, 0.2) is 180 Å². The maximum absolute atomic E-state index is 6.23. The van der Waals surface area contributed by atoms with Gasteiger partial charge in [-0.1, -0.05) is 147 Å². The Balaban J connectivity index is 1.24. The van der Waals surface area contributed by atoms with Crippen molar-refractivity contribution in [2.24, 2.45) is 0 Å². The number of hydrogen-bond donors (Lipinski definition) is 0. The van der Waals surface area contributed by atoms with E-state index in [0.29, 0.717) is 0 Å². The number of para-hydroxylation sites is 3. The number of furan rings is 1. The zero-order valence-corrected chi connectivity index (χ0v) is 28.6. The van der Waals surface area contributed by atoms with Crippen molar-refractivity contribution in [3.05, 3.63) is 187 Å². The van der Waals surface area contributed by atoms with E-state index in [0.717, 1.165) is 50.1 Å². The molecule has 51 heavy (non-hydrogen) atoms. The molecule has 242 valence electrons. The Morgan fingerprint density at radius 1 is 0.431 bits per heavy atom. The van der Waals surface area contributed by atoms with Crippen LogP contribution in [-0.2, 0) is 5.41 Å². The van der Waals surface area contributed by atoms with Crippen LogP contribution in [0.1, 0.15) is 25.0 Å². The predicted molar refractivity (Wildman–Crippen MR) is 214 cm³/mol. The minimum Gasteiger partial charge on any atom is -0.456 e. The number of benzene rings is 8. The summed E-state index contributed by atoms with van der Waals surface area (Å²) in [7, 11) is 0. The average molecular weight is 654 g/mol. The van der Waals surface area contributed by atoms with Gasteiger partial charge in [0.15, 0.2) is 0 Å². The molecule has 1 heterocycles. The Morgan fingerprint density at radius 2 is 1.06 bits per heavy atom. The van der Waals surface area contributed by atoms with E-state index in [1.165, 1.54) is 44.2 Å². The van der Waals surface area contributed by atoms with Crippen LogP contribution in [0.4, 0.5) is 17.1 Å². The van der Waals surface area contributed by atoms with E-state index in [4.69, 9.17) is 4.42 Å². The van der Waals surface area contributed by atoms with Gasteiger partial charge in [0.25, 0.3) is 0 Å². The predicted octanol–water partition coefficient (Wildman–Crippen LogP) is 13.8. The van der Waals surface area contributed by atoms with E-state index in [1.807, 2.05) is 12.1 Å². The van der Waals surface area contributed by atoms with Crippen molar-refractivity contribution in [3.63, 3.8) is 0 Å². The number of hydrogen-bond acceptors (Lipinski definition) is 2.